The molecule has 0 radical (unpaired) electrons. The lowest BCUT2D eigenvalue weighted by molar-refractivity contribution is -0.138. The van der Waals surface area contributed by atoms with Gasteiger partial charge in [-0.05, 0) is 31.9 Å². The van der Waals surface area contributed by atoms with E-state index in [1.54, 1.807) is 0 Å². The van der Waals surface area contributed by atoms with Crippen molar-refractivity contribution in [3.8, 4) is 0 Å². The first kappa shape index (κ1) is 44.3. The minimum atomic E-state index is -3.00. The predicted molar refractivity (Wildman–Crippen MR) is 184 cm³/mol. The van der Waals surface area contributed by atoms with Gasteiger partial charge in [0.15, 0.2) is 0 Å². The van der Waals surface area contributed by atoms with Crippen LogP contribution in [0.2, 0.25) is 0 Å². The fourth-order valence-electron chi connectivity index (χ4n) is 5.74. The topological polar surface area (TPSA) is 202 Å². The number of nitrogens with zero attached hydrogens (tertiary/aromatic N) is 1. The molecule has 0 bridgehead atoms. The number of anilines is 1. The molecular formula is C29H57NO12P4. The Balaban J connectivity index is 3.29. The van der Waals surface area contributed by atoms with E-state index in [-0.39, 0.29) is 12.8 Å². The molecule has 0 aromatic heterocycles. The second-order valence-electron chi connectivity index (χ2n) is 11.5. The van der Waals surface area contributed by atoms with Gasteiger partial charge >= 0.3 is 34.4 Å². The van der Waals surface area contributed by atoms with Gasteiger partial charge in [-0.15, -0.1) is 0 Å². The Hall–Kier alpha value is 0.260. The van der Waals surface area contributed by atoms with Crippen molar-refractivity contribution >= 4 is 40.1 Å². The first-order valence-corrected chi connectivity index (χ1v) is 20.8. The highest BCUT2D eigenvalue weighted by molar-refractivity contribution is 7.40. The van der Waals surface area contributed by atoms with Crippen molar-refractivity contribution in [2.75, 3.05) is 37.8 Å². The van der Waals surface area contributed by atoms with Crippen LogP contribution in [0, 0.1) is 5.41 Å². The fourth-order valence-corrected chi connectivity index (χ4v) is 7.52. The van der Waals surface area contributed by atoms with Crippen LogP contribution < -0.4 is 4.90 Å². The maximum atomic E-state index is 10.3. The molecule has 1 rings (SSSR count). The second kappa shape index (κ2) is 26.1. The monoisotopic (exact) mass is 735 g/mol. The molecule has 0 heterocycles. The Kier molecular flexibility index (Phi) is 25.1. The number of hydrogen-bond donors (Lipinski definition) is 8. The van der Waals surface area contributed by atoms with Crippen LogP contribution in [0.15, 0.2) is 30.3 Å². The van der Waals surface area contributed by atoms with Crippen LogP contribution in [0.3, 0.4) is 0 Å². The molecule has 0 fully saturated rings. The SMILES string of the molecule is CCCCCCCCCCCCCCC(CCN(CC)c1ccccc1)(OP(O)O)C(COP(O)O)(COP(O)O)COP(O)O. The van der Waals surface area contributed by atoms with Gasteiger partial charge in [0.1, 0.15) is 0 Å². The zero-order chi connectivity index (χ0) is 34.3. The highest BCUT2D eigenvalue weighted by Crippen LogP contribution is 2.52. The zero-order valence-electron chi connectivity index (χ0n) is 27.3. The van der Waals surface area contributed by atoms with Gasteiger partial charge in [0.2, 0.25) is 0 Å². The van der Waals surface area contributed by atoms with Crippen LogP contribution in [0.5, 0.6) is 0 Å². The molecule has 13 nitrogen and oxygen atoms in total. The molecule has 0 aliphatic carbocycles. The Bertz CT molecular complexity index is 831. The molecule has 0 spiro atoms. The smallest absolute Gasteiger partial charge is 0.327 e. The molecule has 8 N–H and O–H groups in total. The van der Waals surface area contributed by atoms with Crippen molar-refractivity contribution in [1.82, 2.24) is 0 Å². The van der Waals surface area contributed by atoms with Crippen LogP contribution in [-0.2, 0) is 18.1 Å². The third-order valence-corrected chi connectivity index (χ3v) is 9.91. The van der Waals surface area contributed by atoms with E-state index >= 15 is 0 Å². The van der Waals surface area contributed by atoms with E-state index in [0.717, 1.165) is 31.4 Å². The Labute approximate surface area is 279 Å². The van der Waals surface area contributed by atoms with E-state index in [4.69, 9.17) is 18.1 Å². The molecule has 1 atom stereocenters. The maximum absolute atomic E-state index is 10.3. The van der Waals surface area contributed by atoms with E-state index in [9.17, 15) is 39.1 Å². The van der Waals surface area contributed by atoms with Gasteiger partial charge in [0.05, 0.1) is 30.8 Å². The molecule has 17 heteroatoms. The first-order valence-electron chi connectivity index (χ1n) is 16.1. The number of unbranched alkanes of at least 4 members (excludes halogenated alkanes) is 11. The molecule has 0 saturated carbocycles. The molecule has 1 aromatic carbocycles. The van der Waals surface area contributed by atoms with E-state index in [2.05, 4.69) is 6.92 Å². The van der Waals surface area contributed by atoms with Gasteiger partial charge < -0.3 is 62.1 Å². The van der Waals surface area contributed by atoms with Crippen LogP contribution in [0.1, 0.15) is 104 Å². The number of hydrogen-bond acceptors (Lipinski definition) is 13. The van der Waals surface area contributed by atoms with Crippen molar-refractivity contribution < 1.29 is 57.2 Å². The molecule has 46 heavy (non-hydrogen) atoms. The largest absolute Gasteiger partial charge is 0.372 e. The molecule has 0 saturated heterocycles. The van der Waals surface area contributed by atoms with Crippen molar-refractivity contribution in [2.24, 2.45) is 5.41 Å². The highest BCUT2D eigenvalue weighted by atomic mass is 31.2. The summed E-state index contributed by atoms with van der Waals surface area (Å²) in [5.41, 5.74) is -2.34. The van der Waals surface area contributed by atoms with Crippen molar-refractivity contribution in [3.05, 3.63) is 30.3 Å². The number of benzene rings is 1. The summed E-state index contributed by atoms with van der Waals surface area (Å²) in [6.07, 6.45) is 13.5. The summed E-state index contributed by atoms with van der Waals surface area (Å²) in [5.74, 6) is 0. The Morgan fingerprint density at radius 2 is 1.00 bits per heavy atom. The normalized spacial score (nSPS) is 13.8. The highest BCUT2D eigenvalue weighted by Gasteiger charge is 2.55. The van der Waals surface area contributed by atoms with Crippen LogP contribution in [-0.4, -0.2) is 77.7 Å². The lowest BCUT2D eigenvalue weighted by atomic mass is 9.68. The maximum Gasteiger partial charge on any atom is 0.327 e. The molecular weight excluding hydrogens is 678 g/mol. The summed E-state index contributed by atoms with van der Waals surface area (Å²) in [4.78, 5) is 80.8. The van der Waals surface area contributed by atoms with E-state index in [0.29, 0.717) is 19.5 Å². The lowest BCUT2D eigenvalue weighted by Gasteiger charge is -2.50. The quantitative estimate of drug-likeness (QED) is 0.0309. The van der Waals surface area contributed by atoms with Crippen molar-refractivity contribution in [1.29, 1.82) is 0 Å². The molecule has 0 aliphatic heterocycles. The van der Waals surface area contributed by atoms with Crippen LogP contribution in [0.4, 0.5) is 5.69 Å². The Morgan fingerprint density at radius 1 is 0.565 bits per heavy atom. The van der Waals surface area contributed by atoms with Crippen molar-refractivity contribution in [2.45, 2.75) is 109 Å². The average molecular weight is 736 g/mol. The van der Waals surface area contributed by atoms with Gasteiger partial charge in [-0.3, -0.25) is 0 Å². The zero-order valence-corrected chi connectivity index (χ0v) is 30.8. The third-order valence-electron chi connectivity index (χ3n) is 8.31. The van der Waals surface area contributed by atoms with Gasteiger partial charge in [0, 0.05) is 18.8 Å². The standard InChI is InChI=1S/C29H57NO12P4/c1-3-5-6-7-8-9-10-11-12-13-14-18-21-29(42-46(37)38,22-23-30(4-2)27-19-16-15-17-20-27)28(24-39-43(31)32,25-40-44(33)34)26-41-45(35)36/h15-17,19-20,31-38H,3-14,18,21-26H2,1-2H3. The van der Waals surface area contributed by atoms with Gasteiger partial charge in [-0.1, -0.05) is 102 Å². The van der Waals surface area contributed by atoms with Gasteiger partial charge in [0.25, 0.3) is 0 Å². The number of rotatable bonds is 30. The summed E-state index contributed by atoms with van der Waals surface area (Å²) >= 11 is 0. The molecule has 1 unspecified atom stereocenters. The summed E-state index contributed by atoms with van der Waals surface area (Å²) in [5, 5.41) is 0. The summed E-state index contributed by atoms with van der Waals surface area (Å²) in [7, 11) is -11.7. The third kappa shape index (κ3) is 18.3. The number of para-hydroxylation sites is 1. The summed E-state index contributed by atoms with van der Waals surface area (Å²) in [6.45, 7) is 3.43. The molecule has 270 valence electrons. The second-order valence-corrected chi connectivity index (χ2v) is 14.5. The van der Waals surface area contributed by atoms with Gasteiger partial charge in [-0.2, -0.15) is 0 Å². The minimum Gasteiger partial charge on any atom is -0.372 e. The van der Waals surface area contributed by atoms with Crippen LogP contribution in [0.25, 0.3) is 0 Å². The van der Waals surface area contributed by atoms with Crippen LogP contribution >= 0.6 is 34.4 Å². The minimum absolute atomic E-state index is 0.113. The summed E-state index contributed by atoms with van der Waals surface area (Å²) in [6, 6.07) is 9.56. The molecule has 0 aliphatic rings. The van der Waals surface area contributed by atoms with Gasteiger partial charge in [-0.25, -0.2) is 0 Å². The van der Waals surface area contributed by atoms with E-state index in [1.807, 2.05) is 42.2 Å². The van der Waals surface area contributed by atoms with Crippen molar-refractivity contribution in [3.63, 3.8) is 0 Å². The lowest BCUT2D eigenvalue weighted by Crippen LogP contribution is -2.58. The Morgan fingerprint density at radius 3 is 1.39 bits per heavy atom. The molecule has 0 amide bonds. The van der Waals surface area contributed by atoms with E-state index < -0.39 is 65.2 Å². The summed E-state index contributed by atoms with van der Waals surface area (Å²) < 4.78 is 21.7. The fraction of sp³-hybridized carbons (Fsp3) is 0.793. The van der Waals surface area contributed by atoms with E-state index in [1.165, 1.54) is 44.9 Å². The average Bonchev–Trinajstić information content (AvgIpc) is 3.01. The first-order chi connectivity index (χ1) is 22.0. The molecule has 1 aromatic rings. The predicted octanol–water partition coefficient (Wildman–Crippen LogP) is 6.63.